The van der Waals surface area contributed by atoms with Crippen LogP contribution in [0.3, 0.4) is 0 Å². The first-order chi connectivity index (χ1) is 9.90. The number of amides is 1. The maximum absolute atomic E-state index is 12.9. The van der Waals surface area contributed by atoms with Gasteiger partial charge < -0.3 is 15.0 Å². The molecule has 0 aromatic carbocycles. The molecule has 6 nitrogen and oxygen atoms in total. The SMILES string of the molecule is CCN(CC1CCCO1)C(=O)C1(S(C)(=O)=O)CCNCC1. The lowest BCUT2D eigenvalue weighted by molar-refractivity contribution is -0.136. The summed E-state index contributed by atoms with van der Waals surface area (Å²) < 4.78 is 28.9. The van der Waals surface area contributed by atoms with Crippen LogP contribution in [0.25, 0.3) is 0 Å². The third-order valence-corrected chi connectivity index (χ3v) is 6.63. The summed E-state index contributed by atoms with van der Waals surface area (Å²) in [7, 11) is -3.45. The van der Waals surface area contributed by atoms with Gasteiger partial charge >= 0.3 is 0 Å². The summed E-state index contributed by atoms with van der Waals surface area (Å²) in [5.41, 5.74) is 0. The fourth-order valence-corrected chi connectivity index (χ4v) is 4.64. The molecule has 0 bridgehead atoms. The molecular formula is C14H26N2O4S. The van der Waals surface area contributed by atoms with Gasteiger partial charge in [-0.05, 0) is 45.7 Å². The molecule has 0 aromatic rings. The van der Waals surface area contributed by atoms with Crippen molar-refractivity contribution < 1.29 is 17.9 Å². The number of likely N-dealkylation sites (N-methyl/N-ethyl adjacent to an activating group) is 1. The highest BCUT2D eigenvalue weighted by Crippen LogP contribution is 2.30. The van der Waals surface area contributed by atoms with Gasteiger partial charge in [-0.25, -0.2) is 8.42 Å². The van der Waals surface area contributed by atoms with Gasteiger partial charge in [0.25, 0.3) is 0 Å². The summed E-state index contributed by atoms with van der Waals surface area (Å²) in [5, 5.41) is 3.14. The fraction of sp³-hybridized carbons (Fsp3) is 0.929. The van der Waals surface area contributed by atoms with Gasteiger partial charge in [-0.1, -0.05) is 0 Å². The first-order valence-corrected chi connectivity index (χ1v) is 9.61. The van der Waals surface area contributed by atoms with Crippen LogP contribution in [0.2, 0.25) is 0 Å². The van der Waals surface area contributed by atoms with Crippen molar-refractivity contribution in [2.75, 3.05) is 39.0 Å². The number of sulfone groups is 1. The molecule has 1 atom stereocenters. The second-order valence-electron chi connectivity index (χ2n) is 6.00. The van der Waals surface area contributed by atoms with Crippen LogP contribution < -0.4 is 5.32 Å². The number of nitrogens with one attached hydrogen (secondary N) is 1. The molecule has 0 radical (unpaired) electrons. The van der Waals surface area contributed by atoms with Crippen molar-refractivity contribution in [2.45, 2.75) is 43.5 Å². The highest BCUT2D eigenvalue weighted by atomic mass is 32.2. The van der Waals surface area contributed by atoms with Crippen LogP contribution in [0.15, 0.2) is 0 Å². The van der Waals surface area contributed by atoms with Crippen LogP contribution in [0, 0.1) is 0 Å². The Morgan fingerprint density at radius 1 is 1.38 bits per heavy atom. The molecule has 1 unspecified atom stereocenters. The Balaban J connectivity index is 2.19. The highest BCUT2D eigenvalue weighted by molar-refractivity contribution is 7.92. The number of hydrogen-bond acceptors (Lipinski definition) is 5. The van der Waals surface area contributed by atoms with Crippen LogP contribution in [0.4, 0.5) is 0 Å². The predicted molar refractivity (Wildman–Crippen MR) is 80.9 cm³/mol. The van der Waals surface area contributed by atoms with E-state index in [-0.39, 0.29) is 12.0 Å². The van der Waals surface area contributed by atoms with E-state index in [4.69, 9.17) is 4.74 Å². The van der Waals surface area contributed by atoms with E-state index in [1.807, 2.05) is 6.92 Å². The van der Waals surface area contributed by atoms with E-state index in [9.17, 15) is 13.2 Å². The number of rotatable bonds is 5. The third-order valence-electron chi connectivity index (χ3n) is 4.63. The topological polar surface area (TPSA) is 75.7 Å². The van der Waals surface area contributed by atoms with E-state index >= 15 is 0 Å². The van der Waals surface area contributed by atoms with Crippen molar-refractivity contribution in [1.82, 2.24) is 10.2 Å². The van der Waals surface area contributed by atoms with Crippen molar-refractivity contribution in [3.8, 4) is 0 Å². The Morgan fingerprint density at radius 3 is 2.52 bits per heavy atom. The predicted octanol–water partition coefficient (Wildman–Crippen LogP) is 0.181. The number of hydrogen-bond donors (Lipinski definition) is 1. The molecule has 122 valence electrons. The molecule has 2 heterocycles. The van der Waals surface area contributed by atoms with E-state index in [1.54, 1.807) is 4.90 Å². The molecule has 1 N–H and O–H groups in total. The van der Waals surface area contributed by atoms with E-state index in [0.29, 0.717) is 39.0 Å². The number of carbonyl (C=O) groups excluding carboxylic acids is 1. The molecule has 2 saturated heterocycles. The zero-order chi connectivity index (χ0) is 15.5. The Morgan fingerprint density at radius 2 is 2.05 bits per heavy atom. The van der Waals surface area contributed by atoms with Gasteiger partial charge in [-0.15, -0.1) is 0 Å². The minimum absolute atomic E-state index is 0.0484. The molecule has 0 aliphatic carbocycles. The number of ether oxygens (including phenoxy) is 1. The molecular weight excluding hydrogens is 292 g/mol. The van der Waals surface area contributed by atoms with Crippen molar-refractivity contribution >= 4 is 15.7 Å². The van der Waals surface area contributed by atoms with Gasteiger partial charge in [0, 0.05) is 26.0 Å². The monoisotopic (exact) mass is 318 g/mol. The van der Waals surface area contributed by atoms with Crippen LogP contribution in [0.1, 0.15) is 32.6 Å². The first-order valence-electron chi connectivity index (χ1n) is 7.72. The zero-order valence-corrected chi connectivity index (χ0v) is 13.7. The zero-order valence-electron chi connectivity index (χ0n) is 12.9. The van der Waals surface area contributed by atoms with Crippen LogP contribution in [0.5, 0.6) is 0 Å². The lowest BCUT2D eigenvalue weighted by Crippen LogP contribution is -2.59. The summed E-state index contributed by atoms with van der Waals surface area (Å²) >= 11 is 0. The maximum atomic E-state index is 12.9. The lowest BCUT2D eigenvalue weighted by atomic mass is 9.95. The van der Waals surface area contributed by atoms with Crippen molar-refractivity contribution in [2.24, 2.45) is 0 Å². The first kappa shape index (κ1) is 16.7. The number of piperidine rings is 1. The normalized spacial score (nSPS) is 25.7. The van der Waals surface area contributed by atoms with E-state index in [1.165, 1.54) is 6.26 Å². The van der Waals surface area contributed by atoms with Gasteiger partial charge in [0.15, 0.2) is 14.6 Å². The quantitative estimate of drug-likeness (QED) is 0.783. The molecule has 2 aliphatic rings. The highest BCUT2D eigenvalue weighted by Gasteiger charge is 2.50. The third kappa shape index (κ3) is 3.40. The second kappa shape index (κ2) is 6.62. The van der Waals surface area contributed by atoms with Gasteiger partial charge in [0.1, 0.15) is 0 Å². The second-order valence-corrected chi connectivity index (χ2v) is 8.32. The van der Waals surface area contributed by atoms with Crippen molar-refractivity contribution in [1.29, 1.82) is 0 Å². The smallest absolute Gasteiger partial charge is 0.244 e. The number of nitrogens with zero attached hydrogens (tertiary/aromatic N) is 1. The molecule has 2 rings (SSSR count). The standard InChI is InChI=1S/C14H26N2O4S/c1-3-16(11-12-5-4-10-20-12)13(17)14(21(2,18)19)6-8-15-9-7-14/h12,15H,3-11H2,1-2H3. The molecule has 7 heteroatoms. The maximum Gasteiger partial charge on any atom is 0.244 e. The minimum atomic E-state index is -3.45. The molecule has 2 aliphatic heterocycles. The van der Waals surface area contributed by atoms with Gasteiger partial charge in [0.2, 0.25) is 5.91 Å². The molecule has 21 heavy (non-hydrogen) atoms. The summed E-state index contributed by atoms with van der Waals surface area (Å²) in [5.74, 6) is -0.246. The largest absolute Gasteiger partial charge is 0.376 e. The molecule has 1 amide bonds. The fourth-order valence-electron chi connectivity index (χ4n) is 3.25. The van der Waals surface area contributed by atoms with Gasteiger partial charge in [-0.2, -0.15) is 0 Å². The van der Waals surface area contributed by atoms with E-state index in [0.717, 1.165) is 19.4 Å². The van der Waals surface area contributed by atoms with Crippen LogP contribution in [-0.2, 0) is 19.4 Å². The Bertz CT molecular complexity index is 465. The van der Waals surface area contributed by atoms with Crippen LogP contribution >= 0.6 is 0 Å². The summed E-state index contributed by atoms with van der Waals surface area (Å²) in [6, 6.07) is 0. The van der Waals surface area contributed by atoms with Crippen LogP contribution in [-0.4, -0.2) is 69.1 Å². The van der Waals surface area contributed by atoms with Gasteiger partial charge in [-0.3, -0.25) is 4.79 Å². The summed E-state index contributed by atoms with van der Waals surface area (Å²) in [6.07, 6.45) is 3.90. The summed E-state index contributed by atoms with van der Waals surface area (Å²) in [4.78, 5) is 14.6. The molecule has 0 aromatic heterocycles. The lowest BCUT2D eigenvalue weighted by Gasteiger charge is -2.38. The van der Waals surface area contributed by atoms with Crippen molar-refractivity contribution in [3.63, 3.8) is 0 Å². The van der Waals surface area contributed by atoms with Gasteiger partial charge in [0.05, 0.1) is 6.10 Å². The Labute approximate surface area is 127 Å². The van der Waals surface area contributed by atoms with E-state index in [2.05, 4.69) is 5.32 Å². The minimum Gasteiger partial charge on any atom is -0.376 e. The molecule has 2 fully saturated rings. The molecule has 0 spiro atoms. The average Bonchev–Trinajstić information content (AvgIpc) is 2.96. The van der Waals surface area contributed by atoms with Crippen molar-refractivity contribution in [3.05, 3.63) is 0 Å². The Kier molecular flexibility index (Phi) is 5.27. The Hall–Kier alpha value is -0.660. The number of carbonyl (C=O) groups is 1. The van der Waals surface area contributed by atoms with E-state index < -0.39 is 14.6 Å². The molecule has 0 saturated carbocycles. The summed E-state index contributed by atoms with van der Waals surface area (Å²) in [6.45, 7) is 4.78. The average molecular weight is 318 g/mol.